The van der Waals surface area contributed by atoms with E-state index in [1.165, 1.54) is 0 Å². The second-order valence-electron chi connectivity index (χ2n) is 1.98. The van der Waals surface area contributed by atoms with E-state index >= 15 is 0 Å². The van der Waals surface area contributed by atoms with Crippen LogP contribution in [0.15, 0.2) is 12.3 Å². The molecule has 2 nitrogen and oxygen atoms in total. The molecular weight excluding hydrogens is 150 g/mol. The first kappa shape index (κ1) is 7.35. The lowest BCUT2D eigenvalue weighted by Gasteiger charge is -2.01. The zero-order valence-corrected chi connectivity index (χ0v) is 6.64. The van der Waals surface area contributed by atoms with Crippen LogP contribution in [0.1, 0.15) is 5.56 Å². The van der Waals surface area contributed by atoms with E-state index in [4.69, 9.17) is 16.3 Å². The lowest BCUT2D eigenvalue weighted by molar-refractivity contribution is 0.411. The third-order valence-corrected chi connectivity index (χ3v) is 1.45. The Kier molecular flexibility index (Phi) is 2.12. The fourth-order valence-electron chi connectivity index (χ4n) is 0.701. The number of aryl methyl sites for hydroxylation is 1. The standard InChI is InChI=1S/C7H8ClNO/c1-5-4-9-7(8)3-6(5)10-2/h3-4H,1-2H3. The number of rotatable bonds is 1. The van der Waals surface area contributed by atoms with Crippen molar-refractivity contribution in [2.24, 2.45) is 0 Å². The lowest BCUT2D eigenvalue weighted by atomic mass is 10.3. The van der Waals surface area contributed by atoms with Crippen LogP contribution >= 0.6 is 11.6 Å². The van der Waals surface area contributed by atoms with Crippen LogP contribution in [0.4, 0.5) is 0 Å². The van der Waals surface area contributed by atoms with Crippen molar-refractivity contribution in [3.63, 3.8) is 0 Å². The maximum absolute atomic E-state index is 5.60. The highest BCUT2D eigenvalue weighted by Crippen LogP contribution is 2.18. The van der Waals surface area contributed by atoms with Gasteiger partial charge < -0.3 is 4.74 Å². The van der Waals surface area contributed by atoms with Crippen LogP contribution in [-0.4, -0.2) is 12.1 Å². The summed E-state index contributed by atoms with van der Waals surface area (Å²) in [4.78, 5) is 3.87. The molecule has 0 fully saturated rings. The molecule has 0 spiro atoms. The van der Waals surface area contributed by atoms with Gasteiger partial charge in [0.05, 0.1) is 7.11 Å². The first-order chi connectivity index (χ1) is 4.74. The number of hydrogen-bond acceptors (Lipinski definition) is 2. The van der Waals surface area contributed by atoms with Crippen molar-refractivity contribution in [1.82, 2.24) is 4.98 Å². The third-order valence-electron chi connectivity index (χ3n) is 1.24. The third kappa shape index (κ3) is 1.39. The molecule has 0 aliphatic carbocycles. The van der Waals surface area contributed by atoms with E-state index in [2.05, 4.69) is 4.98 Å². The van der Waals surface area contributed by atoms with Gasteiger partial charge >= 0.3 is 0 Å². The molecule has 0 saturated carbocycles. The number of ether oxygens (including phenoxy) is 1. The Morgan fingerprint density at radius 3 is 2.80 bits per heavy atom. The van der Waals surface area contributed by atoms with Crippen molar-refractivity contribution in [2.75, 3.05) is 7.11 Å². The molecule has 1 heterocycles. The Morgan fingerprint density at radius 1 is 1.60 bits per heavy atom. The van der Waals surface area contributed by atoms with Gasteiger partial charge in [0, 0.05) is 17.8 Å². The molecule has 0 saturated heterocycles. The van der Waals surface area contributed by atoms with Crippen LogP contribution in [0.3, 0.4) is 0 Å². The van der Waals surface area contributed by atoms with Crippen molar-refractivity contribution < 1.29 is 4.74 Å². The Labute approximate surface area is 64.8 Å². The highest BCUT2D eigenvalue weighted by Gasteiger charge is 1.97. The van der Waals surface area contributed by atoms with E-state index in [0.29, 0.717) is 5.15 Å². The monoisotopic (exact) mass is 157 g/mol. The predicted molar refractivity (Wildman–Crippen MR) is 40.5 cm³/mol. The van der Waals surface area contributed by atoms with E-state index in [9.17, 15) is 0 Å². The summed E-state index contributed by atoms with van der Waals surface area (Å²) in [6.45, 7) is 1.92. The van der Waals surface area contributed by atoms with Gasteiger partial charge in [0.2, 0.25) is 0 Å². The zero-order chi connectivity index (χ0) is 7.56. The summed E-state index contributed by atoms with van der Waals surface area (Å²) in [6.07, 6.45) is 1.68. The Hall–Kier alpha value is -0.760. The van der Waals surface area contributed by atoms with Gasteiger partial charge in [0.25, 0.3) is 0 Å². The fraction of sp³-hybridized carbons (Fsp3) is 0.286. The van der Waals surface area contributed by atoms with Gasteiger partial charge in [-0.2, -0.15) is 0 Å². The van der Waals surface area contributed by atoms with E-state index in [0.717, 1.165) is 11.3 Å². The van der Waals surface area contributed by atoms with Crippen LogP contribution in [0.2, 0.25) is 5.15 Å². The molecule has 10 heavy (non-hydrogen) atoms. The summed E-state index contributed by atoms with van der Waals surface area (Å²) < 4.78 is 5.00. The molecular formula is C7H8ClNO. The highest BCUT2D eigenvalue weighted by atomic mass is 35.5. The normalized spacial score (nSPS) is 9.50. The molecule has 0 amide bonds. The minimum Gasteiger partial charge on any atom is -0.496 e. The summed E-state index contributed by atoms with van der Waals surface area (Å²) in [5.74, 6) is 0.778. The van der Waals surface area contributed by atoms with E-state index in [1.807, 2.05) is 6.92 Å². The largest absolute Gasteiger partial charge is 0.496 e. The average molecular weight is 158 g/mol. The van der Waals surface area contributed by atoms with Gasteiger partial charge in [-0.15, -0.1) is 0 Å². The maximum Gasteiger partial charge on any atom is 0.132 e. The Balaban J connectivity index is 3.09. The SMILES string of the molecule is COc1cc(Cl)ncc1C. The highest BCUT2D eigenvalue weighted by molar-refractivity contribution is 6.29. The van der Waals surface area contributed by atoms with Crippen LogP contribution in [0, 0.1) is 6.92 Å². The van der Waals surface area contributed by atoms with Crippen molar-refractivity contribution >= 4 is 11.6 Å². The molecule has 1 aromatic heterocycles. The van der Waals surface area contributed by atoms with Crippen molar-refractivity contribution in [2.45, 2.75) is 6.92 Å². The molecule has 0 aliphatic heterocycles. The van der Waals surface area contributed by atoms with E-state index in [1.54, 1.807) is 19.4 Å². The number of pyridine rings is 1. The second-order valence-corrected chi connectivity index (χ2v) is 2.36. The summed E-state index contributed by atoms with van der Waals surface area (Å²) in [7, 11) is 1.61. The molecule has 0 N–H and O–H groups in total. The van der Waals surface area contributed by atoms with Gasteiger partial charge in [-0.1, -0.05) is 11.6 Å². The number of halogens is 1. The molecule has 0 aliphatic rings. The van der Waals surface area contributed by atoms with Crippen LogP contribution in [0.25, 0.3) is 0 Å². The molecule has 1 rings (SSSR count). The molecule has 3 heteroatoms. The first-order valence-electron chi connectivity index (χ1n) is 2.90. The summed E-state index contributed by atoms with van der Waals surface area (Å²) in [5, 5.41) is 0.461. The number of hydrogen-bond donors (Lipinski definition) is 0. The predicted octanol–water partition coefficient (Wildman–Crippen LogP) is 2.05. The Bertz CT molecular complexity index is 237. The molecule has 0 bridgehead atoms. The lowest BCUT2D eigenvalue weighted by Crippen LogP contribution is -1.87. The van der Waals surface area contributed by atoms with E-state index < -0.39 is 0 Å². The van der Waals surface area contributed by atoms with Gasteiger partial charge in [0.1, 0.15) is 10.9 Å². The Morgan fingerprint density at radius 2 is 2.30 bits per heavy atom. The fourth-order valence-corrected chi connectivity index (χ4v) is 0.849. The topological polar surface area (TPSA) is 22.1 Å². The average Bonchev–Trinajstić information content (AvgIpc) is 1.94. The number of aromatic nitrogens is 1. The smallest absolute Gasteiger partial charge is 0.132 e. The summed E-state index contributed by atoms with van der Waals surface area (Å²) >= 11 is 5.60. The number of methoxy groups -OCH3 is 1. The molecule has 0 aromatic carbocycles. The minimum atomic E-state index is 0.461. The first-order valence-corrected chi connectivity index (χ1v) is 3.28. The quantitative estimate of drug-likeness (QED) is 0.583. The molecule has 0 unspecified atom stereocenters. The molecule has 54 valence electrons. The summed E-state index contributed by atoms with van der Waals surface area (Å²) in [5.41, 5.74) is 0.993. The molecule has 0 radical (unpaired) electrons. The van der Waals surface area contributed by atoms with E-state index in [-0.39, 0.29) is 0 Å². The van der Waals surface area contributed by atoms with Crippen LogP contribution in [0.5, 0.6) is 5.75 Å². The van der Waals surface area contributed by atoms with Crippen molar-refractivity contribution in [1.29, 1.82) is 0 Å². The van der Waals surface area contributed by atoms with Crippen LogP contribution < -0.4 is 4.74 Å². The van der Waals surface area contributed by atoms with Gasteiger partial charge in [-0.25, -0.2) is 4.98 Å². The summed E-state index contributed by atoms with van der Waals surface area (Å²) in [6, 6.07) is 1.69. The van der Waals surface area contributed by atoms with Crippen molar-refractivity contribution in [3.05, 3.63) is 23.0 Å². The second kappa shape index (κ2) is 2.88. The molecule has 1 aromatic rings. The minimum absolute atomic E-state index is 0.461. The van der Waals surface area contributed by atoms with Gasteiger partial charge in [-0.3, -0.25) is 0 Å². The maximum atomic E-state index is 5.60. The number of nitrogens with zero attached hydrogens (tertiary/aromatic N) is 1. The van der Waals surface area contributed by atoms with Gasteiger partial charge in [-0.05, 0) is 6.92 Å². The zero-order valence-electron chi connectivity index (χ0n) is 5.89. The van der Waals surface area contributed by atoms with Crippen LogP contribution in [-0.2, 0) is 0 Å². The van der Waals surface area contributed by atoms with Crippen molar-refractivity contribution in [3.8, 4) is 5.75 Å². The van der Waals surface area contributed by atoms with Gasteiger partial charge in [0.15, 0.2) is 0 Å². The molecule has 0 atom stereocenters.